The number of anilines is 2. The quantitative estimate of drug-likeness (QED) is 0.404. The molecule has 0 bridgehead atoms. The van der Waals surface area contributed by atoms with E-state index in [-0.39, 0.29) is 16.4 Å². The van der Waals surface area contributed by atoms with Crippen molar-refractivity contribution in [3.8, 4) is 0 Å². The summed E-state index contributed by atoms with van der Waals surface area (Å²) in [5, 5.41) is 2.86. The molecule has 0 saturated carbocycles. The monoisotopic (exact) mass is 451 g/mol. The van der Waals surface area contributed by atoms with Gasteiger partial charge in [-0.3, -0.25) is 4.79 Å². The van der Waals surface area contributed by atoms with Crippen LogP contribution in [-0.4, -0.2) is 69.4 Å². The van der Waals surface area contributed by atoms with Gasteiger partial charge in [-0.25, -0.2) is 18.0 Å². The van der Waals surface area contributed by atoms with Crippen LogP contribution in [0.2, 0.25) is 0 Å². The van der Waals surface area contributed by atoms with Crippen LogP contribution in [0, 0.1) is 0 Å². The lowest BCUT2D eigenvalue weighted by Gasteiger charge is -2.36. The molecule has 0 spiro atoms. The molecule has 2 aliphatic rings. The van der Waals surface area contributed by atoms with Gasteiger partial charge in [-0.05, 0) is 18.2 Å². The van der Waals surface area contributed by atoms with Crippen molar-refractivity contribution in [2.45, 2.75) is 31.5 Å². The van der Waals surface area contributed by atoms with Crippen LogP contribution in [0.25, 0.3) is 0 Å². The maximum absolute atomic E-state index is 12.2. The van der Waals surface area contributed by atoms with Gasteiger partial charge < -0.3 is 24.6 Å². The summed E-state index contributed by atoms with van der Waals surface area (Å²) in [6.45, 7) is 6.54. The lowest BCUT2D eigenvalue weighted by molar-refractivity contribution is -0.222. The molecule has 31 heavy (non-hydrogen) atoms. The number of esters is 2. The van der Waals surface area contributed by atoms with Crippen LogP contribution >= 0.6 is 0 Å². The summed E-state index contributed by atoms with van der Waals surface area (Å²) in [5.74, 6) is -3.05. The van der Waals surface area contributed by atoms with Gasteiger partial charge in [0, 0.05) is 59.4 Å². The van der Waals surface area contributed by atoms with E-state index in [9.17, 15) is 22.8 Å². The maximum atomic E-state index is 12.2. The first-order valence-electron chi connectivity index (χ1n) is 9.65. The number of ether oxygens (including phenoxy) is 2. The number of nitrogens with zero attached hydrogens (tertiary/aromatic N) is 2. The van der Waals surface area contributed by atoms with Crippen molar-refractivity contribution in [2.24, 2.45) is 0 Å². The van der Waals surface area contributed by atoms with Crippen molar-refractivity contribution in [3.05, 3.63) is 30.0 Å². The minimum absolute atomic E-state index is 0.00703. The lowest BCUT2D eigenvalue weighted by atomic mass is 10.2. The molecule has 1 aromatic carbocycles. The molecule has 2 aliphatic heterocycles. The van der Waals surface area contributed by atoms with Gasteiger partial charge in [-0.1, -0.05) is 0 Å². The molecule has 2 heterocycles. The van der Waals surface area contributed by atoms with Gasteiger partial charge in [-0.2, -0.15) is 0 Å². The zero-order valence-electron chi connectivity index (χ0n) is 17.8. The first kappa shape index (κ1) is 22.6. The molecular formula is C20H25N3O7S. The number of rotatable bonds is 4. The Morgan fingerprint density at radius 2 is 1.68 bits per heavy atom. The second-order valence-corrected chi connectivity index (χ2v) is 9.84. The molecule has 2 fully saturated rings. The normalized spacial score (nSPS) is 18.9. The molecule has 0 aliphatic carbocycles. The Morgan fingerprint density at radius 3 is 2.19 bits per heavy atom. The Labute approximate surface area is 180 Å². The molecule has 168 valence electrons. The second-order valence-electron chi connectivity index (χ2n) is 7.83. The molecular weight excluding hydrogens is 426 g/mol. The van der Waals surface area contributed by atoms with E-state index in [2.05, 4.69) is 5.32 Å². The Balaban J connectivity index is 1.91. The SMILES string of the molecule is CC(=O)N1CCN(c2ccc(S(C)(=O)=O)cc2NC=C2C(=O)OC(C)(C)OC2=O)CC1. The number of sulfone groups is 1. The summed E-state index contributed by atoms with van der Waals surface area (Å²) in [5.41, 5.74) is 0.721. The van der Waals surface area contributed by atoms with Gasteiger partial charge in [0.2, 0.25) is 5.91 Å². The van der Waals surface area contributed by atoms with E-state index in [1.165, 1.54) is 32.9 Å². The van der Waals surface area contributed by atoms with E-state index in [1.807, 2.05) is 4.90 Å². The molecule has 0 unspecified atom stereocenters. The molecule has 1 amide bonds. The van der Waals surface area contributed by atoms with Crippen molar-refractivity contribution in [1.82, 2.24) is 4.90 Å². The van der Waals surface area contributed by atoms with Crippen LogP contribution in [0.5, 0.6) is 0 Å². The minimum Gasteiger partial charge on any atom is -0.419 e. The van der Waals surface area contributed by atoms with E-state index in [4.69, 9.17) is 9.47 Å². The van der Waals surface area contributed by atoms with Crippen molar-refractivity contribution < 1.29 is 32.3 Å². The van der Waals surface area contributed by atoms with Gasteiger partial charge in [0.05, 0.1) is 16.3 Å². The summed E-state index contributed by atoms with van der Waals surface area (Å²) in [4.78, 5) is 39.7. The fourth-order valence-electron chi connectivity index (χ4n) is 3.33. The number of hydrogen-bond acceptors (Lipinski definition) is 9. The predicted octanol–water partition coefficient (Wildman–Crippen LogP) is 0.890. The van der Waals surface area contributed by atoms with Crippen LogP contribution < -0.4 is 10.2 Å². The van der Waals surface area contributed by atoms with Crippen molar-refractivity contribution in [2.75, 3.05) is 42.7 Å². The Kier molecular flexibility index (Phi) is 5.99. The van der Waals surface area contributed by atoms with Gasteiger partial charge in [0.25, 0.3) is 5.79 Å². The van der Waals surface area contributed by atoms with Gasteiger partial charge in [0.15, 0.2) is 15.4 Å². The number of carbonyl (C=O) groups is 3. The fourth-order valence-corrected chi connectivity index (χ4v) is 3.97. The average molecular weight is 452 g/mol. The number of cyclic esters (lactones) is 2. The number of carbonyl (C=O) groups excluding carboxylic acids is 3. The fraction of sp³-hybridized carbons (Fsp3) is 0.450. The highest BCUT2D eigenvalue weighted by Crippen LogP contribution is 2.31. The third-order valence-electron chi connectivity index (χ3n) is 4.95. The Hall–Kier alpha value is -3.08. The van der Waals surface area contributed by atoms with Gasteiger partial charge in [-0.15, -0.1) is 0 Å². The highest BCUT2D eigenvalue weighted by molar-refractivity contribution is 7.90. The lowest BCUT2D eigenvalue weighted by Crippen LogP contribution is -2.48. The third-order valence-corrected chi connectivity index (χ3v) is 6.06. The highest BCUT2D eigenvalue weighted by Gasteiger charge is 2.39. The van der Waals surface area contributed by atoms with Crippen molar-refractivity contribution in [3.63, 3.8) is 0 Å². The van der Waals surface area contributed by atoms with Gasteiger partial charge in [0.1, 0.15) is 0 Å². The minimum atomic E-state index is -3.49. The second kappa shape index (κ2) is 8.22. The smallest absolute Gasteiger partial charge is 0.350 e. The molecule has 10 nitrogen and oxygen atoms in total. The molecule has 1 N–H and O–H groups in total. The summed E-state index contributed by atoms with van der Waals surface area (Å²) < 4.78 is 34.2. The molecule has 11 heteroatoms. The average Bonchev–Trinajstić information content (AvgIpc) is 2.65. The summed E-state index contributed by atoms with van der Waals surface area (Å²) in [7, 11) is -3.49. The van der Waals surface area contributed by atoms with Crippen molar-refractivity contribution in [1.29, 1.82) is 0 Å². The molecule has 3 rings (SSSR count). The van der Waals surface area contributed by atoms with E-state index in [0.717, 1.165) is 12.5 Å². The van der Waals surface area contributed by atoms with E-state index >= 15 is 0 Å². The topological polar surface area (TPSA) is 122 Å². The highest BCUT2D eigenvalue weighted by atomic mass is 32.2. The van der Waals surface area contributed by atoms with Crippen molar-refractivity contribution >= 4 is 39.1 Å². The zero-order valence-corrected chi connectivity index (χ0v) is 18.6. The predicted molar refractivity (Wildman–Crippen MR) is 112 cm³/mol. The standard InChI is InChI=1S/C20H25N3O7S/c1-13(24)22-7-9-23(10-8-22)17-6-5-14(31(4,27)28)11-16(17)21-12-15-18(25)29-20(2,3)30-19(15)26/h5-6,11-12,21H,7-10H2,1-4H3. The molecule has 2 saturated heterocycles. The number of benzene rings is 1. The summed E-state index contributed by atoms with van der Waals surface area (Å²) in [6.07, 6.45) is 2.24. The maximum Gasteiger partial charge on any atom is 0.350 e. The molecule has 0 radical (unpaired) electrons. The number of nitrogens with one attached hydrogen (secondary N) is 1. The summed E-state index contributed by atoms with van der Waals surface area (Å²) in [6, 6.07) is 4.58. The van der Waals surface area contributed by atoms with Gasteiger partial charge >= 0.3 is 11.9 Å². The van der Waals surface area contributed by atoms with Crippen LogP contribution in [0.1, 0.15) is 20.8 Å². The largest absolute Gasteiger partial charge is 0.419 e. The number of amides is 1. The summed E-state index contributed by atoms with van der Waals surface area (Å²) >= 11 is 0. The van der Waals surface area contributed by atoms with Crippen LogP contribution in [0.3, 0.4) is 0 Å². The Bertz CT molecular complexity index is 1030. The van der Waals surface area contributed by atoms with Crippen LogP contribution in [0.4, 0.5) is 11.4 Å². The number of piperazine rings is 1. The molecule has 1 aromatic rings. The van der Waals surface area contributed by atoms with Crippen LogP contribution in [0.15, 0.2) is 34.9 Å². The van der Waals surface area contributed by atoms with E-state index < -0.39 is 27.6 Å². The Morgan fingerprint density at radius 1 is 1.10 bits per heavy atom. The zero-order chi connectivity index (χ0) is 23.0. The first-order valence-corrected chi connectivity index (χ1v) is 11.5. The molecule has 0 aromatic heterocycles. The number of hydrogen-bond donors (Lipinski definition) is 1. The van der Waals surface area contributed by atoms with Crippen LogP contribution in [-0.2, 0) is 33.7 Å². The van der Waals surface area contributed by atoms with E-state index in [1.54, 1.807) is 11.0 Å². The molecule has 0 atom stereocenters. The van der Waals surface area contributed by atoms with E-state index in [0.29, 0.717) is 37.6 Å². The third kappa shape index (κ3) is 5.16. The first-order chi connectivity index (χ1) is 14.4.